The van der Waals surface area contributed by atoms with Crippen molar-refractivity contribution in [2.24, 2.45) is 5.11 Å². The predicted octanol–water partition coefficient (Wildman–Crippen LogP) is 4.02. The number of carbonyl (C=O) groups is 1. The average Bonchev–Trinajstić information content (AvgIpc) is 3.31. The van der Waals surface area contributed by atoms with Crippen LogP contribution in [-0.2, 0) is 17.9 Å². The third-order valence-corrected chi connectivity index (χ3v) is 6.17. The molecule has 4 aromatic rings. The highest BCUT2D eigenvalue weighted by Gasteiger charge is 2.18. The summed E-state index contributed by atoms with van der Waals surface area (Å²) in [5, 5.41) is 12.4. The maximum atomic E-state index is 13.3. The third kappa shape index (κ3) is 5.11. The smallest absolute Gasteiger partial charge is 0.341 e. The van der Waals surface area contributed by atoms with E-state index in [2.05, 4.69) is 20.0 Å². The Morgan fingerprint density at radius 1 is 1.22 bits per heavy atom. The first kappa shape index (κ1) is 25.0. The topological polar surface area (TPSA) is 168 Å². The van der Waals surface area contributed by atoms with Gasteiger partial charge in [-0.25, -0.2) is 14.6 Å². The molecule has 0 fully saturated rings. The molecule has 0 bridgehead atoms. The summed E-state index contributed by atoms with van der Waals surface area (Å²) in [6.45, 7) is 1.87. The first-order chi connectivity index (χ1) is 17.3. The van der Waals surface area contributed by atoms with Crippen molar-refractivity contribution in [3.05, 3.63) is 82.9 Å². The van der Waals surface area contributed by atoms with Crippen molar-refractivity contribution < 1.29 is 14.6 Å². The van der Waals surface area contributed by atoms with Crippen LogP contribution in [0.2, 0.25) is 0 Å². The number of benzene rings is 2. The summed E-state index contributed by atoms with van der Waals surface area (Å²) in [6.07, 6.45) is 0.657. The number of carboxylic acids is 1. The van der Waals surface area contributed by atoms with Crippen molar-refractivity contribution in [2.75, 3.05) is 6.61 Å². The van der Waals surface area contributed by atoms with Crippen molar-refractivity contribution in [3.63, 3.8) is 0 Å². The van der Waals surface area contributed by atoms with Gasteiger partial charge in [-0.2, -0.15) is 0 Å². The van der Waals surface area contributed by atoms with Crippen LogP contribution in [0.5, 0.6) is 5.75 Å². The van der Waals surface area contributed by atoms with Crippen molar-refractivity contribution in [2.45, 2.75) is 26.4 Å². The number of nitrogens with zero attached hydrogens (tertiary/aromatic N) is 6. The molecule has 184 valence electrons. The first-order valence-corrected chi connectivity index (χ1v) is 11.9. The van der Waals surface area contributed by atoms with Crippen LogP contribution < -0.4 is 16.0 Å². The molecule has 0 spiro atoms. The van der Waals surface area contributed by atoms with Gasteiger partial charge in [0.1, 0.15) is 17.1 Å². The zero-order chi connectivity index (χ0) is 25.8. The Morgan fingerprint density at radius 2 is 1.97 bits per heavy atom. The Kier molecular flexibility index (Phi) is 7.41. The highest BCUT2D eigenvalue weighted by atomic mass is 127. The molecule has 36 heavy (non-hydrogen) atoms. The van der Waals surface area contributed by atoms with E-state index in [0.717, 1.165) is 4.57 Å². The van der Waals surface area contributed by atoms with Crippen molar-refractivity contribution >= 4 is 45.4 Å². The van der Waals surface area contributed by atoms with E-state index in [1.54, 1.807) is 42.5 Å². The number of aromatic amines is 1. The van der Waals surface area contributed by atoms with E-state index < -0.39 is 23.8 Å². The summed E-state index contributed by atoms with van der Waals surface area (Å²) in [6, 6.07) is 11.7. The zero-order valence-electron chi connectivity index (χ0n) is 19.0. The second-order valence-corrected chi connectivity index (χ2v) is 8.95. The number of rotatable bonds is 9. The Labute approximate surface area is 216 Å². The Bertz CT molecular complexity index is 1620. The fraction of sp³-hybridized carbons (Fsp3) is 0.217. The lowest BCUT2D eigenvalue weighted by molar-refractivity contribution is -0.139. The van der Waals surface area contributed by atoms with E-state index in [1.807, 2.05) is 29.5 Å². The maximum absolute atomic E-state index is 13.3. The molecule has 0 aliphatic heterocycles. The number of hydrogen-bond acceptors (Lipinski definition) is 6. The number of ether oxygens (including phenoxy) is 1. The van der Waals surface area contributed by atoms with Gasteiger partial charge in [0.05, 0.1) is 12.2 Å². The molecular weight excluding hydrogens is 581 g/mol. The average molecular weight is 601 g/mol. The van der Waals surface area contributed by atoms with Gasteiger partial charge in [0, 0.05) is 20.6 Å². The molecule has 0 unspecified atom stereocenters. The monoisotopic (exact) mass is 601 g/mol. The summed E-state index contributed by atoms with van der Waals surface area (Å²) < 4.78 is 8.48. The molecule has 0 aliphatic carbocycles. The van der Waals surface area contributed by atoms with E-state index in [0.29, 0.717) is 44.9 Å². The van der Waals surface area contributed by atoms with Crippen molar-refractivity contribution in [1.29, 1.82) is 0 Å². The van der Waals surface area contributed by atoms with Gasteiger partial charge in [-0.3, -0.25) is 13.9 Å². The molecule has 13 heteroatoms. The molecule has 0 amide bonds. The fourth-order valence-corrected chi connectivity index (χ4v) is 4.37. The summed E-state index contributed by atoms with van der Waals surface area (Å²) in [7, 11) is 0. The zero-order valence-corrected chi connectivity index (χ0v) is 21.2. The number of fused-ring (bicyclic) bond motifs is 1. The molecule has 12 nitrogen and oxygen atoms in total. The highest BCUT2D eigenvalue weighted by molar-refractivity contribution is 14.1. The minimum atomic E-state index is -1.08. The summed E-state index contributed by atoms with van der Waals surface area (Å²) in [5.74, 6) is -0.311. The number of aliphatic carboxylic acids is 1. The van der Waals surface area contributed by atoms with Crippen LogP contribution in [0.1, 0.15) is 18.9 Å². The van der Waals surface area contributed by atoms with Gasteiger partial charge < -0.3 is 14.8 Å². The lowest BCUT2D eigenvalue weighted by atomic mass is 10.2. The van der Waals surface area contributed by atoms with Crippen LogP contribution in [0.25, 0.3) is 33.0 Å². The largest absolute Gasteiger partial charge is 0.482 e. The molecule has 2 aromatic carbocycles. The highest BCUT2D eigenvalue weighted by Crippen LogP contribution is 2.24. The van der Waals surface area contributed by atoms with E-state index in [4.69, 9.17) is 15.4 Å². The second kappa shape index (κ2) is 10.7. The van der Waals surface area contributed by atoms with E-state index in [9.17, 15) is 14.4 Å². The number of halogens is 1. The molecule has 2 heterocycles. The number of aryl methyl sites for hydroxylation is 1. The molecular formula is C23H20IN7O5. The number of azide groups is 1. The van der Waals surface area contributed by atoms with Gasteiger partial charge in [-0.15, -0.1) is 0 Å². The van der Waals surface area contributed by atoms with Crippen LogP contribution in [0.15, 0.2) is 57.2 Å². The van der Waals surface area contributed by atoms with Gasteiger partial charge in [0.2, 0.25) is 0 Å². The van der Waals surface area contributed by atoms with Crippen molar-refractivity contribution in [1.82, 2.24) is 19.1 Å². The van der Waals surface area contributed by atoms with Gasteiger partial charge in [-0.05, 0) is 70.4 Å². The number of H-pyrrole nitrogens is 1. The Balaban J connectivity index is 1.77. The van der Waals surface area contributed by atoms with Gasteiger partial charge in [0.25, 0.3) is 5.56 Å². The number of nitrogens with one attached hydrogen (secondary N) is 1. The third-order valence-electron chi connectivity index (χ3n) is 5.30. The van der Waals surface area contributed by atoms with Crippen molar-refractivity contribution in [3.8, 4) is 17.1 Å². The predicted molar refractivity (Wildman–Crippen MR) is 141 cm³/mol. The lowest BCUT2D eigenvalue weighted by Crippen LogP contribution is -2.40. The van der Waals surface area contributed by atoms with E-state index in [-0.39, 0.29) is 17.7 Å². The molecule has 2 N–H and O–H groups in total. The normalized spacial score (nSPS) is 10.8. The van der Waals surface area contributed by atoms with Gasteiger partial charge >= 0.3 is 11.7 Å². The lowest BCUT2D eigenvalue weighted by Gasteiger charge is -2.11. The van der Waals surface area contributed by atoms with E-state index >= 15 is 0 Å². The molecule has 0 aliphatic rings. The fourth-order valence-electron chi connectivity index (χ4n) is 3.68. The minimum absolute atomic E-state index is 0.0356. The SMILES string of the molecule is CCCn1c(=O)n(Cc2ccc(N=[N+]=[N-])c(I)c2)c(=O)c2[nH]c(-c3ccc(OCC(=O)O)cc3)nc21. The summed E-state index contributed by atoms with van der Waals surface area (Å²) in [5.41, 5.74) is 9.96. The summed E-state index contributed by atoms with van der Waals surface area (Å²) in [4.78, 5) is 47.7. The van der Waals surface area contributed by atoms with Gasteiger partial charge in [-0.1, -0.05) is 24.2 Å². The number of carboxylic acid groups (broad SMARTS) is 1. The molecule has 2 aromatic heterocycles. The minimum Gasteiger partial charge on any atom is -0.482 e. The number of imidazole rings is 1. The number of hydrogen-bond donors (Lipinski definition) is 2. The first-order valence-electron chi connectivity index (χ1n) is 10.8. The molecule has 0 radical (unpaired) electrons. The molecule has 4 rings (SSSR count). The molecule has 0 atom stereocenters. The van der Waals surface area contributed by atoms with Gasteiger partial charge in [0.15, 0.2) is 12.3 Å². The Morgan fingerprint density at radius 3 is 2.61 bits per heavy atom. The Hall–Kier alpha value is -4.10. The number of aromatic nitrogens is 4. The van der Waals surface area contributed by atoms with Crippen LogP contribution in [0.3, 0.4) is 0 Å². The summed E-state index contributed by atoms with van der Waals surface area (Å²) >= 11 is 2.03. The quantitative estimate of drug-likeness (QED) is 0.127. The standard InChI is InChI=1S/C23H20IN7O5/c1-2-9-30-21-19(26-20(27-21)14-4-6-15(7-5-14)36-12-18(32)33)22(34)31(23(30)35)11-13-3-8-17(28-29-25)16(24)10-13/h3-8,10H,2,9,11-12H2,1H3,(H,26,27)(H,32,33). The van der Waals surface area contributed by atoms with Crippen LogP contribution in [0, 0.1) is 3.57 Å². The van der Waals surface area contributed by atoms with Crippen LogP contribution >= 0.6 is 22.6 Å². The molecule has 0 saturated heterocycles. The maximum Gasteiger partial charge on any atom is 0.341 e. The second-order valence-electron chi connectivity index (χ2n) is 7.79. The van der Waals surface area contributed by atoms with E-state index in [1.165, 1.54) is 4.57 Å². The van der Waals surface area contributed by atoms with Crippen LogP contribution in [0.4, 0.5) is 5.69 Å². The van der Waals surface area contributed by atoms with Crippen LogP contribution in [-0.4, -0.2) is 36.8 Å². The molecule has 0 saturated carbocycles.